The molecule has 0 amide bonds. The van der Waals surface area contributed by atoms with Crippen LogP contribution in [-0.4, -0.2) is 48.2 Å². The molecule has 4 nitrogen and oxygen atoms in total. The molecule has 13 heavy (non-hydrogen) atoms. The molecule has 1 fully saturated rings. The third-order valence-electron chi connectivity index (χ3n) is 2.65. The van der Waals surface area contributed by atoms with Crippen molar-refractivity contribution in [1.29, 1.82) is 0 Å². The van der Waals surface area contributed by atoms with Crippen LogP contribution in [0.5, 0.6) is 0 Å². The zero-order valence-corrected chi connectivity index (χ0v) is 8.29. The second-order valence-corrected chi connectivity index (χ2v) is 3.83. The average molecular weight is 186 g/mol. The minimum absolute atomic E-state index is 0.141. The van der Waals surface area contributed by atoms with Crippen molar-refractivity contribution in [2.24, 2.45) is 0 Å². The fourth-order valence-corrected chi connectivity index (χ4v) is 1.60. The molecule has 0 aromatic carbocycles. The first-order chi connectivity index (χ1) is 6.09. The highest BCUT2D eigenvalue weighted by molar-refractivity contribution is 5.67. The quantitative estimate of drug-likeness (QED) is 0.644. The maximum absolute atomic E-state index is 10.6. The van der Waals surface area contributed by atoms with E-state index >= 15 is 0 Å². The minimum Gasteiger partial charge on any atom is -0.481 e. The number of carboxylic acid groups (broad SMARTS) is 1. The fraction of sp³-hybridized carbons (Fsp3) is 0.889. The van der Waals surface area contributed by atoms with Gasteiger partial charge < -0.3 is 15.3 Å². The van der Waals surface area contributed by atoms with Gasteiger partial charge in [-0.05, 0) is 26.9 Å². The molecule has 2 unspecified atom stereocenters. The first kappa shape index (κ1) is 10.5. The summed E-state index contributed by atoms with van der Waals surface area (Å²) in [6, 6.07) is 0.642. The van der Waals surface area contributed by atoms with E-state index in [0.717, 1.165) is 19.5 Å². The summed E-state index contributed by atoms with van der Waals surface area (Å²) in [6.07, 6.45) is 1.32. The van der Waals surface area contributed by atoms with E-state index in [2.05, 4.69) is 17.1 Å². The van der Waals surface area contributed by atoms with E-state index in [-0.39, 0.29) is 12.5 Å². The summed E-state index contributed by atoms with van der Waals surface area (Å²) in [5.41, 5.74) is 0. The molecule has 4 heteroatoms. The Balaban J connectivity index is 2.46. The molecule has 1 saturated heterocycles. The Hall–Kier alpha value is -0.610. The Kier molecular flexibility index (Phi) is 3.69. The summed E-state index contributed by atoms with van der Waals surface area (Å²) in [7, 11) is 1.99. The van der Waals surface area contributed by atoms with Crippen molar-refractivity contribution in [2.45, 2.75) is 31.8 Å². The van der Waals surface area contributed by atoms with E-state index in [9.17, 15) is 4.79 Å². The monoisotopic (exact) mass is 186 g/mol. The van der Waals surface area contributed by atoms with Crippen molar-refractivity contribution in [1.82, 2.24) is 10.2 Å². The zero-order chi connectivity index (χ0) is 9.84. The number of carboxylic acids is 1. The second-order valence-electron chi connectivity index (χ2n) is 3.83. The molecule has 0 aromatic heterocycles. The molecule has 1 heterocycles. The van der Waals surface area contributed by atoms with Crippen LogP contribution < -0.4 is 5.32 Å². The van der Waals surface area contributed by atoms with Crippen LogP contribution in [0.2, 0.25) is 0 Å². The lowest BCUT2D eigenvalue weighted by Crippen LogP contribution is -2.39. The first-order valence-electron chi connectivity index (χ1n) is 4.75. The van der Waals surface area contributed by atoms with Gasteiger partial charge in [0.25, 0.3) is 0 Å². The van der Waals surface area contributed by atoms with Crippen molar-refractivity contribution in [3.05, 3.63) is 0 Å². The lowest BCUT2D eigenvalue weighted by molar-refractivity contribution is -0.138. The lowest BCUT2D eigenvalue weighted by atomic mass is 10.2. The highest BCUT2D eigenvalue weighted by Gasteiger charge is 2.21. The van der Waals surface area contributed by atoms with Crippen molar-refractivity contribution >= 4 is 5.97 Å². The number of carbonyl (C=O) groups is 1. The van der Waals surface area contributed by atoms with Crippen LogP contribution in [0.4, 0.5) is 0 Å². The van der Waals surface area contributed by atoms with Crippen LogP contribution in [0.1, 0.15) is 19.8 Å². The Morgan fingerprint density at radius 1 is 1.69 bits per heavy atom. The maximum Gasteiger partial charge on any atom is 0.304 e. The van der Waals surface area contributed by atoms with Crippen LogP contribution in [0, 0.1) is 0 Å². The topological polar surface area (TPSA) is 52.6 Å². The normalized spacial score (nSPS) is 31.2. The number of nitrogens with one attached hydrogen (secondary N) is 1. The predicted octanol–water partition coefficient (Wildman–Crippen LogP) is 0.143. The number of rotatable bonds is 2. The highest BCUT2D eigenvalue weighted by Crippen LogP contribution is 2.08. The second kappa shape index (κ2) is 4.58. The number of hydrogen-bond donors (Lipinski definition) is 2. The first-order valence-corrected chi connectivity index (χ1v) is 4.75. The summed E-state index contributed by atoms with van der Waals surface area (Å²) in [5, 5.41) is 12.0. The SMILES string of the molecule is CC1CCN(C)C(CC(=O)O)CN1. The van der Waals surface area contributed by atoms with Gasteiger partial charge in [0, 0.05) is 18.6 Å². The maximum atomic E-state index is 10.6. The van der Waals surface area contributed by atoms with Crippen LogP contribution >= 0.6 is 0 Å². The summed E-state index contributed by atoms with van der Waals surface area (Å²) in [6.45, 7) is 3.90. The van der Waals surface area contributed by atoms with Gasteiger partial charge in [0.15, 0.2) is 0 Å². The Bertz CT molecular complexity index is 184. The molecule has 1 rings (SSSR count). The Labute approximate surface area is 78.9 Å². The van der Waals surface area contributed by atoms with Gasteiger partial charge in [0.2, 0.25) is 0 Å². The molecule has 0 aliphatic carbocycles. The number of likely N-dealkylation sites (N-methyl/N-ethyl adjacent to an activating group) is 1. The molecule has 0 saturated carbocycles. The van der Waals surface area contributed by atoms with Crippen molar-refractivity contribution in [3.63, 3.8) is 0 Å². The molecule has 0 radical (unpaired) electrons. The van der Waals surface area contributed by atoms with Crippen molar-refractivity contribution in [2.75, 3.05) is 20.1 Å². The molecule has 2 atom stereocenters. The largest absolute Gasteiger partial charge is 0.481 e. The van der Waals surface area contributed by atoms with Crippen LogP contribution in [0.15, 0.2) is 0 Å². The third-order valence-corrected chi connectivity index (χ3v) is 2.65. The Morgan fingerprint density at radius 2 is 2.38 bits per heavy atom. The molecule has 0 bridgehead atoms. The molecule has 0 spiro atoms. The molecular formula is C9H18N2O2. The van der Waals surface area contributed by atoms with E-state index in [1.165, 1.54) is 0 Å². The Morgan fingerprint density at radius 3 is 3.00 bits per heavy atom. The van der Waals surface area contributed by atoms with Gasteiger partial charge in [-0.3, -0.25) is 4.79 Å². The van der Waals surface area contributed by atoms with Gasteiger partial charge in [0.05, 0.1) is 6.42 Å². The fourth-order valence-electron chi connectivity index (χ4n) is 1.60. The minimum atomic E-state index is -0.715. The van der Waals surface area contributed by atoms with Crippen molar-refractivity contribution in [3.8, 4) is 0 Å². The summed E-state index contributed by atoms with van der Waals surface area (Å²) >= 11 is 0. The number of aliphatic carboxylic acids is 1. The number of hydrogen-bond acceptors (Lipinski definition) is 3. The van der Waals surface area contributed by atoms with E-state index in [1.54, 1.807) is 0 Å². The predicted molar refractivity (Wildman–Crippen MR) is 50.8 cm³/mol. The molecule has 2 N–H and O–H groups in total. The van der Waals surface area contributed by atoms with E-state index in [4.69, 9.17) is 5.11 Å². The highest BCUT2D eigenvalue weighted by atomic mass is 16.4. The van der Waals surface area contributed by atoms with Crippen LogP contribution in [0.25, 0.3) is 0 Å². The van der Waals surface area contributed by atoms with E-state index in [0.29, 0.717) is 6.04 Å². The molecular weight excluding hydrogens is 168 g/mol. The smallest absolute Gasteiger partial charge is 0.304 e. The molecule has 1 aliphatic heterocycles. The van der Waals surface area contributed by atoms with Gasteiger partial charge in [-0.15, -0.1) is 0 Å². The third kappa shape index (κ3) is 3.32. The summed E-state index contributed by atoms with van der Waals surface area (Å²) in [5.74, 6) is -0.715. The van der Waals surface area contributed by atoms with E-state index in [1.807, 2.05) is 7.05 Å². The zero-order valence-electron chi connectivity index (χ0n) is 8.29. The van der Waals surface area contributed by atoms with Gasteiger partial charge in [0.1, 0.15) is 0 Å². The van der Waals surface area contributed by atoms with E-state index < -0.39 is 5.97 Å². The molecule has 1 aliphatic rings. The van der Waals surface area contributed by atoms with Gasteiger partial charge in [-0.1, -0.05) is 0 Å². The van der Waals surface area contributed by atoms with Crippen LogP contribution in [-0.2, 0) is 4.79 Å². The van der Waals surface area contributed by atoms with Gasteiger partial charge in [-0.2, -0.15) is 0 Å². The molecule has 0 aromatic rings. The molecule has 76 valence electrons. The number of nitrogens with zero attached hydrogens (tertiary/aromatic N) is 1. The van der Waals surface area contributed by atoms with Crippen LogP contribution in [0.3, 0.4) is 0 Å². The average Bonchev–Trinajstić information content (AvgIpc) is 2.19. The summed E-state index contributed by atoms with van der Waals surface area (Å²) < 4.78 is 0. The van der Waals surface area contributed by atoms with Gasteiger partial charge >= 0.3 is 5.97 Å². The van der Waals surface area contributed by atoms with Crippen molar-refractivity contribution < 1.29 is 9.90 Å². The standard InChI is InChI=1S/C9H18N2O2/c1-7-3-4-11(2)8(6-10-7)5-9(12)13/h7-8,10H,3-6H2,1-2H3,(H,12,13). The summed E-state index contributed by atoms with van der Waals surface area (Å²) in [4.78, 5) is 12.7. The lowest BCUT2D eigenvalue weighted by Gasteiger charge is -2.23. The van der Waals surface area contributed by atoms with Gasteiger partial charge in [-0.25, -0.2) is 0 Å².